The van der Waals surface area contributed by atoms with Crippen molar-refractivity contribution in [2.24, 2.45) is 0 Å². The molecule has 108 valence electrons. The van der Waals surface area contributed by atoms with E-state index in [0.717, 1.165) is 15.8 Å². The fourth-order valence-corrected chi connectivity index (χ4v) is 3.54. The number of thiophene rings is 1. The molecule has 0 aliphatic rings. The fraction of sp³-hybridized carbons (Fsp3) is 0.385. The number of anilines is 1. The van der Waals surface area contributed by atoms with Gasteiger partial charge in [0, 0.05) is 40.9 Å². The first-order chi connectivity index (χ1) is 9.50. The van der Waals surface area contributed by atoms with Crippen molar-refractivity contribution in [3.05, 3.63) is 22.7 Å². The van der Waals surface area contributed by atoms with Gasteiger partial charge in [-0.3, -0.25) is 9.00 Å². The Hall–Kier alpha value is -1.47. The van der Waals surface area contributed by atoms with Crippen molar-refractivity contribution >= 4 is 43.9 Å². The summed E-state index contributed by atoms with van der Waals surface area (Å²) in [6.07, 6.45) is 4.06. The highest BCUT2D eigenvalue weighted by molar-refractivity contribution is 7.84. The lowest BCUT2D eigenvalue weighted by atomic mass is 10.2. The normalized spacial score (nSPS) is 12.5. The van der Waals surface area contributed by atoms with Gasteiger partial charge in [-0.2, -0.15) is 0 Å². The van der Waals surface area contributed by atoms with Gasteiger partial charge in [0.05, 0.1) is 5.69 Å². The van der Waals surface area contributed by atoms with Crippen LogP contribution < -0.4 is 11.1 Å². The maximum absolute atomic E-state index is 12.1. The molecule has 0 aliphatic heterocycles. The second-order valence-corrected chi connectivity index (χ2v) is 7.09. The molecule has 0 saturated carbocycles. The van der Waals surface area contributed by atoms with Gasteiger partial charge in [0.1, 0.15) is 9.71 Å². The number of fused-ring (bicyclic) bond motifs is 1. The minimum absolute atomic E-state index is 0.188. The third-order valence-corrected chi connectivity index (χ3v) is 4.91. The van der Waals surface area contributed by atoms with Gasteiger partial charge in [0.25, 0.3) is 5.91 Å². The number of hydrogen-bond acceptors (Lipinski definition) is 5. The van der Waals surface area contributed by atoms with Gasteiger partial charge < -0.3 is 11.1 Å². The van der Waals surface area contributed by atoms with E-state index in [1.165, 1.54) is 11.3 Å². The van der Waals surface area contributed by atoms with Gasteiger partial charge in [-0.1, -0.05) is 0 Å². The Kier molecular flexibility index (Phi) is 4.72. The van der Waals surface area contributed by atoms with Crippen molar-refractivity contribution in [3.8, 4) is 0 Å². The lowest BCUT2D eigenvalue weighted by molar-refractivity contribution is 0.0958. The first-order valence-electron chi connectivity index (χ1n) is 6.22. The molecule has 0 aliphatic carbocycles. The second kappa shape index (κ2) is 6.32. The number of nitrogens with one attached hydrogen (secondary N) is 1. The summed E-state index contributed by atoms with van der Waals surface area (Å²) in [6, 6.07) is 1.88. The number of nitrogens with zero attached hydrogens (tertiary/aromatic N) is 1. The number of carbonyl (C=O) groups is 1. The number of amides is 1. The van der Waals surface area contributed by atoms with E-state index >= 15 is 0 Å². The number of carbonyl (C=O) groups excluding carboxylic acids is 1. The van der Waals surface area contributed by atoms with Crippen LogP contribution in [-0.2, 0) is 10.8 Å². The van der Waals surface area contributed by atoms with Crippen molar-refractivity contribution in [3.63, 3.8) is 0 Å². The Morgan fingerprint density at radius 2 is 2.30 bits per heavy atom. The highest BCUT2D eigenvalue weighted by Crippen LogP contribution is 2.34. The van der Waals surface area contributed by atoms with Crippen LogP contribution >= 0.6 is 11.3 Å². The van der Waals surface area contributed by atoms with Crippen molar-refractivity contribution in [2.75, 3.05) is 24.3 Å². The van der Waals surface area contributed by atoms with Crippen molar-refractivity contribution in [1.82, 2.24) is 10.3 Å². The molecule has 20 heavy (non-hydrogen) atoms. The Balaban J connectivity index is 2.13. The summed E-state index contributed by atoms with van der Waals surface area (Å²) in [7, 11) is -0.828. The molecule has 0 radical (unpaired) electrons. The van der Waals surface area contributed by atoms with Crippen LogP contribution in [0.5, 0.6) is 0 Å². The van der Waals surface area contributed by atoms with Crippen LogP contribution in [0.25, 0.3) is 10.2 Å². The van der Waals surface area contributed by atoms with E-state index in [0.29, 0.717) is 29.3 Å². The van der Waals surface area contributed by atoms with Gasteiger partial charge in [-0.25, -0.2) is 4.98 Å². The van der Waals surface area contributed by atoms with Gasteiger partial charge in [0.15, 0.2) is 0 Å². The van der Waals surface area contributed by atoms with E-state index in [1.807, 2.05) is 13.0 Å². The van der Waals surface area contributed by atoms with Crippen LogP contribution in [0.3, 0.4) is 0 Å². The Bertz CT molecular complexity index is 667. The molecule has 0 saturated heterocycles. The zero-order valence-corrected chi connectivity index (χ0v) is 13.1. The highest BCUT2D eigenvalue weighted by Gasteiger charge is 2.17. The topological polar surface area (TPSA) is 85.1 Å². The summed E-state index contributed by atoms with van der Waals surface area (Å²) in [5.74, 6) is 0.398. The van der Waals surface area contributed by atoms with Crippen LogP contribution in [-0.4, -0.2) is 33.7 Å². The van der Waals surface area contributed by atoms with Gasteiger partial charge in [0.2, 0.25) is 0 Å². The predicted octanol–water partition coefficient (Wildman–Crippen LogP) is 1.69. The molecule has 1 amide bonds. The molecule has 3 N–H and O–H groups in total. The van der Waals surface area contributed by atoms with Gasteiger partial charge in [-0.05, 0) is 25.0 Å². The Morgan fingerprint density at radius 1 is 1.55 bits per heavy atom. The molecular weight excluding hydrogens is 294 g/mol. The first-order valence-corrected chi connectivity index (χ1v) is 8.77. The molecule has 1 atom stereocenters. The molecule has 2 aromatic heterocycles. The molecule has 0 fully saturated rings. The standard InChI is InChI=1S/C13H17N3O2S2/c1-8-4-6-16-13-9(8)10(14)11(19-13)12(17)15-5-3-7-20(2)18/h4,6H,3,5,7,14H2,1-2H3,(H,15,17). The van der Waals surface area contributed by atoms with E-state index in [2.05, 4.69) is 10.3 Å². The number of hydrogen-bond donors (Lipinski definition) is 2. The average molecular weight is 311 g/mol. The summed E-state index contributed by atoms with van der Waals surface area (Å²) in [6.45, 7) is 2.45. The molecule has 5 nitrogen and oxygen atoms in total. The van der Waals surface area contributed by atoms with E-state index in [9.17, 15) is 9.00 Å². The molecule has 0 spiro atoms. The third-order valence-electron chi connectivity index (χ3n) is 2.94. The monoisotopic (exact) mass is 311 g/mol. The van der Waals surface area contributed by atoms with E-state index in [-0.39, 0.29) is 5.91 Å². The summed E-state index contributed by atoms with van der Waals surface area (Å²) >= 11 is 1.30. The lowest BCUT2D eigenvalue weighted by Gasteiger charge is -2.03. The van der Waals surface area contributed by atoms with Crippen LogP contribution in [0.15, 0.2) is 12.3 Å². The largest absolute Gasteiger partial charge is 0.397 e. The predicted molar refractivity (Wildman–Crippen MR) is 84.7 cm³/mol. The third kappa shape index (κ3) is 3.16. The minimum atomic E-state index is -0.828. The molecule has 0 aromatic carbocycles. The second-order valence-electron chi connectivity index (χ2n) is 4.54. The number of nitrogen functional groups attached to an aromatic ring is 1. The smallest absolute Gasteiger partial charge is 0.263 e. The average Bonchev–Trinajstić information content (AvgIpc) is 2.73. The van der Waals surface area contributed by atoms with Gasteiger partial charge in [-0.15, -0.1) is 11.3 Å². The minimum Gasteiger partial charge on any atom is -0.397 e. The zero-order valence-electron chi connectivity index (χ0n) is 11.4. The number of rotatable bonds is 5. The lowest BCUT2D eigenvalue weighted by Crippen LogP contribution is -2.25. The van der Waals surface area contributed by atoms with Crippen molar-refractivity contribution < 1.29 is 9.00 Å². The fourth-order valence-electron chi connectivity index (χ4n) is 1.93. The molecule has 2 aromatic rings. The molecule has 1 unspecified atom stereocenters. The van der Waals surface area contributed by atoms with Crippen LogP contribution in [0.2, 0.25) is 0 Å². The number of pyridine rings is 1. The zero-order chi connectivity index (χ0) is 14.7. The Morgan fingerprint density at radius 3 is 2.95 bits per heavy atom. The highest BCUT2D eigenvalue weighted by atomic mass is 32.2. The summed E-state index contributed by atoms with van der Waals surface area (Å²) in [5, 5.41) is 3.66. The molecule has 7 heteroatoms. The molecule has 2 rings (SSSR count). The van der Waals surface area contributed by atoms with E-state index in [4.69, 9.17) is 5.73 Å². The van der Waals surface area contributed by atoms with E-state index < -0.39 is 10.8 Å². The Labute approximate surface area is 124 Å². The molecule has 2 heterocycles. The molecule has 0 bridgehead atoms. The summed E-state index contributed by atoms with van der Waals surface area (Å²) < 4.78 is 10.9. The number of nitrogens with two attached hydrogens (primary N) is 1. The van der Waals surface area contributed by atoms with Crippen LogP contribution in [0.1, 0.15) is 21.7 Å². The van der Waals surface area contributed by atoms with Crippen LogP contribution in [0.4, 0.5) is 5.69 Å². The maximum atomic E-state index is 12.1. The number of aromatic nitrogens is 1. The quantitative estimate of drug-likeness (QED) is 0.823. The van der Waals surface area contributed by atoms with E-state index in [1.54, 1.807) is 12.5 Å². The SMILES string of the molecule is Cc1ccnc2sc(C(=O)NCCCS(C)=O)c(N)c12. The summed E-state index contributed by atoms with van der Waals surface area (Å²) in [5.41, 5.74) is 7.56. The van der Waals surface area contributed by atoms with Crippen molar-refractivity contribution in [1.29, 1.82) is 0 Å². The van der Waals surface area contributed by atoms with Gasteiger partial charge >= 0.3 is 0 Å². The maximum Gasteiger partial charge on any atom is 0.263 e. The van der Waals surface area contributed by atoms with Crippen LogP contribution in [0, 0.1) is 6.92 Å². The summed E-state index contributed by atoms with van der Waals surface area (Å²) in [4.78, 5) is 17.6. The van der Waals surface area contributed by atoms with Crippen molar-refractivity contribution in [2.45, 2.75) is 13.3 Å². The number of aryl methyl sites for hydroxylation is 1. The molecular formula is C13H17N3O2S2. The first kappa shape index (κ1) is 14.9.